The number of aromatic nitrogens is 3. The quantitative estimate of drug-likeness (QED) is 0.704. The second-order valence-corrected chi connectivity index (χ2v) is 7.95. The molecule has 27 heavy (non-hydrogen) atoms. The molecule has 1 aliphatic rings. The molecule has 6 nitrogen and oxygen atoms in total. The molecule has 7 heteroatoms. The van der Waals surface area contributed by atoms with E-state index in [-0.39, 0.29) is 5.91 Å². The van der Waals surface area contributed by atoms with Crippen LogP contribution in [-0.2, 0) is 4.79 Å². The molecule has 1 saturated heterocycles. The number of thioether (sulfide) groups is 1. The van der Waals surface area contributed by atoms with Crippen LogP contribution >= 0.6 is 11.8 Å². The topological polar surface area (TPSA) is 60.2 Å². The summed E-state index contributed by atoms with van der Waals surface area (Å²) < 4.78 is 7.49. The normalized spacial score (nSPS) is 19.9. The molecule has 1 aromatic carbocycles. The Morgan fingerprint density at radius 3 is 2.48 bits per heavy atom. The van der Waals surface area contributed by atoms with Gasteiger partial charge in [-0.15, -0.1) is 10.2 Å². The molecule has 0 N–H and O–H groups in total. The number of ether oxygens (including phenoxy) is 1. The molecule has 3 rings (SSSR count). The fourth-order valence-electron chi connectivity index (χ4n) is 3.71. The first-order chi connectivity index (χ1) is 13.0. The molecular formula is C20H28N4O2S. The van der Waals surface area contributed by atoms with Crippen molar-refractivity contribution >= 4 is 17.7 Å². The van der Waals surface area contributed by atoms with Crippen LogP contribution in [0.3, 0.4) is 0 Å². The van der Waals surface area contributed by atoms with Crippen LogP contribution < -0.4 is 4.74 Å². The standard InChI is InChI=1S/C20H28N4O2S/c1-5-26-18-11-9-17(10-12-18)24-16(4)21-22-20(24)27-13-19(25)23-14(2)7-6-8-15(23)3/h9-12,14-15H,5-8,13H2,1-4H3. The third-order valence-corrected chi connectivity index (χ3v) is 5.92. The summed E-state index contributed by atoms with van der Waals surface area (Å²) in [4.78, 5) is 14.8. The third kappa shape index (κ3) is 4.46. The SMILES string of the molecule is CCOc1ccc(-n2c(C)nnc2SCC(=O)N2C(C)CCCC2C)cc1. The van der Waals surface area contributed by atoms with Gasteiger partial charge in [0.05, 0.1) is 12.4 Å². The van der Waals surface area contributed by atoms with Gasteiger partial charge in [0.25, 0.3) is 0 Å². The second-order valence-electron chi connectivity index (χ2n) is 7.01. The highest BCUT2D eigenvalue weighted by atomic mass is 32.2. The molecular weight excluding hydrogens is 360 g/mol. The van der Waals surface area contributed by atoms with Crippen molar-refractivity contribution in [1.29, 1.82) is 0 Å². The highest BCUT2D eigenvalue weighted by Gasteiger charge is 2.29. The molecule has 2 unspecified atom stereocenters. The Bertz CT molecular complexity index is 765. The zero-order valence-electron chi connectivity index (χ0n) is 16.5. The van der Waals surface area contributed by atoms with E-state index in [4.69, 9.17) is 4.74 Å². The number of carbonyl (C=O) groups is 1. The number of nitrogens with zero attached hydrogens (tertiary/aromatic N) is 4. The number of hydrogen-bond acceptors (Lipinski definition) is 5. The number of hydrogen-bond donors (Lipinski definition) is 0. The maximum Gasteiger partial charge on any atom is 0.233 e. The Balaban J connectivity index is 1.72. The van der Waals surface area contributed by atoms with Gasteiger partial charge in [-0.3, -0.25) is 9.36 Å². The summed E-state index contributed by atoms with van der Waals surface area (Å²) >= 11 is 1.45. The molecule has 1 aromatic heterocycles. The van der Waals surface area contributed by atoms with Crippen LogP contribution in [-0.4, -0.2) is 50.0 Å². The Morgan fingerprint density at radius 1 is 1.19 bits per heavy atom. The minimum Gasteiger partial charge on any atom is -0.494 e. The zero-order chi connectivity index (χ0) is 19.4. The van der Waals surface area contributed by atoms with Gasteiger partial charge in [-0.2, -0.15) is 0 Å². The number of likely N-dealkylation sites (tertiary alicyclic amines) is 1. The number of piperidine rings is 1. The monoisotopic (exact) mass is 388 g/mol. The van der Waals surface area contributed by atoms with Crippen LogP contribution in [0.15, 0.2) is 29.4 Å². The maximum absolute atomic E-state index is 12.8. The fourth-order valence-corrected chi connectivity index (χ4v) is 4.57. The Labute approximate surface area is 165 Å². The van der Waals surface area contributed by atoms with Crippen molar-refractivity contribution in [2.24, 2.45) is 0 Å². The molecule has 2 heterocycles. The van der Waals surface area contributed by atoms with Crippen LogP contribution in [0.2, 0.25) is 0 Å². The van der Waals surface area contributed by atoms with Crippen LogP contribution in [0.1, 0.15) is 45.9 Å². The summed E-state index contributed by atoms with van der Waals surface area (Å²) in [5, 5.41) is 9.23. The van der Waals surface area contributed by atoms with Crippen LogP contribution in [0.5, 0.6) is 5.75 Å². The summed E-state index contributed by atoms with van der Waals surface area (Å²) in [6.07, 6.45) is 3.37. The number of rotatable bonds is 6. The van der Waals surface area contributed by atoms with Crippen molar-refractivity contribution in [2.45, 2.75) is 64.2 Å². The van der Waals surface area contributed by atoms with Gasteiger partial charge >= 0.3 is 0 Å². The van der Waals surface area contributed by atoms with Gasteiger partial charge in [0, 0.05) is 17.8 Å². The Morgan fingerprint density at radius 2 is 1.85 bits per heavy atom. The minimum atomic E-state index is 0.179. The van der Waals surface area contributed by atoms with E-state index in [9.17, 15) is 4.79 Å². The summed E-state index contributed by atoms with van der Waals surface area (Å²) in [5.41, 5.74) is 0.968. The highest BCUT2D eigenvalue weighted by molar-refractivity contribution is 7.99. The van der Waals surface area contributed by atoms with Crippen LogP contribution in [0.4, 0.5) is 0 Å². The largest absolute Gasteiger partial charge is 0.494 e. The van der Waals surface area contributed by atoms with Crippen molar-refractivity contribution in [3.05, 3.63) is 30.1 Å². The van der Waals surface area contributed by atoms with E-state index >= 15 is 0 Å². The van der Waals surface area contributed by atoms with Gasteiger partial charge in [-0.25, -0.2) is 0 Å². The van der Waals surface area contributed by atoms with E-state index in [1.165, 1.54) is 18.2 Å². The molecule has 1 fully saturated rings. The van der Waals surface area contributed by atoms with Gasteiger partial charge in [-0.05, 0) is 71.2 Å². The smallest absolute Gasteiger partial charge is 0.233 e. The molecule has 146 valence electrons. The van der Waals surface area contributed by atoms with Crippen LogP contribution in [0, 0.1) is 6.92 Å². The number of amides is 1. The zero-order valence-corrected chi connectivity index (χ0v) is 17.3. The molecule has 0 spiro atoms. The summed E-state index contributed by atoms with van der Waals surface area (Å²) in [6, 6.07) is 8.48. The Hall–Kier alpha value is -2.02. The van der Waals surface area contributed by atoms with Gasteiger partial charge < -0.3 is 9.64 Å². The predicted octanol–water partition coefficient (Wildman–Crippen LogP) is 3.86. The molecule has 0 radical (unpaired) electrons. The lowest BCUT2D eigenvalue weighted by molar-refractivity contribution is -0.134. The van der Waals surface area contributed by atoms with E-state index in [1.54, 1.807) is 0 Å². The molecule has 1 amide bonds. The molecule has 2 atom stereocenters. The molecule has 0 aliphatic carbocycles. The van der Waals surface area contributed by atoms with E-state index in [1.807, 2.05) is 47.6 Å². The van der Waals surface area contributed by atoms with Crippen molar-refractivity contribution in [3.63, 3.8) is 0 Å². The van der Waals surface area contributed by atoms with E-state index in [2.05, 4.69) is 24.0 Å². The van der Waals surface area contributed by atoms with Crippen molar-refractivity contribution in [1.82, 2.24) is 19.7 Å². The van der Waals surface area contributed by atoms with E-state index in [0.717, 1.165) is 35.3 Å². The maximum atomic E-state index is 12.8. The second kappa shape index (κ2) is 8.78. The average Bonchev–Trinajstić information content (AvgIpc) is 3.01. The lowest BCUT2D eigenvalue weighted by Crippen LogP contribution is -2.48. The summed E-state index contributed by atoms with van der Waals surface area (Å²) in [6.45, 7) is 8.81. The van der Waals surface area contributed by atoms with E-state index in [0.29, 0.717) is 24.4 Å². The average molecular weight is 389 g/mol. The van der Waals surface area contributed by atoms with Crippen molar-refractivity contribution in [3.8, 4) is 11.4 Å². The molecule has 0 bridgehead atoms. The van der Waals surface area contributed by atoms with Gasteiger partial charge in [0.1, 0.15) is 11.6 Å². The van der Waals surface area contributed by atoms with Crippen LogP contribution in [0.25, 0.3) is 5.69 Å². The first kappa shape index (κ1) is 19.7. The first-order valence-corrected chi connectivity index (χ1v) is 10.6. The van der Waals surface area contributed by atoms with Gasteiger partial charge in [0.15, 0.2) is 5.16 Å². The molecule has 0 saturated carbocycles. The number of benzene rings is 1. The lowest BCUT2D eigenvalue weighted by atomic mass is 9.98. The molecule has 1 aliphatic heterocycles. The highest BCUT2D eigenvalue weighted by Crippen LogP contribution is 2.27. The fraction of sp³-hybridized carbons (Fsp3) is 0.550. The first-order valence-electron chi connectivity index (χ1n) is 9.60. The number of carbonyl (C=O) groups excluding carboxylic acids is 1. The Kier molecular flexibility index (Phi) is 6.42. The predicted molar refractivity (Wildman–Crippen MR) is 108 cm³/mol. The lowest BCUT2D eigenvalue weighted by Gasteiger charge is -2.39. The summed E-state index contributed by atoms with van der Waals surface area (Å²) in [7, 11) is 0. The molecule has 2 aromatic rings. The third-order valence-electron chi connectivity index (χ3n) is 5.01. The van der Waals surface area contributed by atoms with Crippen molar-refractivity contribution in [2.75, 3.05) is 12.4 Å². The summed E-state index contributed by atoms with van der Waals surface area (Å²) in [5.74, 6) is 2.20. The van der Waals surface area contributed by atoms with Crippen molar-refractivity contribution < 1.29 is 9.53 Å². The number of aryl methyl sites for hydroxylation is 1. The minimum absolute atomic E-state index is 0.179. The van der Waals surface area contributed by atoms with E-state index < -0.39 is 0 Å². The van der Waals surface area contributed by atoms with Gasteiger partial charge in [-0.1, -0.05) is 11.8 Å². The van der Waals surface area contributed by atoms with Gasteiger partial charge in [0.2, 0.25) is 5.91 Å².